The number of ether oxygens (including phenoxy) is 2. The summed E-state index contributed by atoms with van der Waals surface area (Å²) in [6.45, 7) is 2.14. The van der Waals surface area contributed by atoms with Crippen LogP contribution in [-0.4, -0.2) is 45.6 Å². The van der Waals surface area contributed by atoms with Crippen molar-refractivity contribution in [3.05, 3.63) is 40.0 Å². The molecule has 1 N–H and O–H groups in total. The first-order chi connectivity index (χ1) is 16.5. The van der Waals surface area contributed by atoms with Crippen LogP contribution in [0, 0.1) is 6.92 Å². The van der Waals surface area contributed by atoms with E-state index >= 15 is 0 Å². The third-order valence-corrected chi connectivity index (χ3v) is 6.55. The van der Waals surface area contributed by atoms with Crippen LogP contribution in [0.15, 0.2) is 38.3 Å². The molecular formula is C23H27N5O5S. The molecular weight excluding hydrogens is 458 g/mol. The summed E-state index contributed by atoms with van der Waals surface area (Å²) in [6, 6.07) is 3.36. The highest BCUT2D eigenvalue weighted by atomic mass is 32.2. The molecule has 4 rings (SSSR count). The minimum Gasteiger partial charge on any atom is -0.493 e. The second-order valence-electron chi connectivity index (χ2n) is 7.92. The predicted molar refractivity (Wildman–Crippen MR) is 129 cm³/mol. The zero-order valence-corrected chi connectivity index (χ0v) is 20.2. The van der Waals surface area contributed by atoms with Gasteiger partial charge < -0.3 is 14.0 Å². The number of nitrogens with zero attached hydrogens (tertiary/aromatic N) is 4. The quantitative estimate of drug-likeness (QED) is 0.274. The fourth-order valence-electron chi connectivity index (χ4n) is 3.86. The molecule has 0 aliphatic heterocycles. The molecule has 34 heavy (non-hydrogen) atoms. The van der Waals surface area contributed by atoms with E-state index in [0.29, 0.717) is 39.9 Å². The Morgan fingerprint density at radius 1 is 1.21 bits per heavy atom. The van der Waals surface area contributed by atoms with E-state index < -0.39 is 0 Å². The van der Waals surface area contributed by atoms with E-state index in [4.69, 9.17) is 19.0 Å². The van der Waals surface area contributed by atoms with E-state index in [1.165, 1.54) is 44.4 Å². The van der Waals surface area contributed by atoms with Crippen molar-refractivity contribution in [2.24, 2.45) is 0 Å². The highest BCUT2D eigenvalue weighted by Crippen LogP contribution is 2.31. The summed E-state index contributed by atoms with van der Waals surface area (Å²) in [5, 5.41) is 7.11. The molecule has 2 aromatic heterocycles. The normalized spacial score (nSPS) is 13.6. The second-order valence-corrected chi connectivity index (χ2v) is 8.86. The van der Waals surface area contributed by atoms with Gasteiger partial charge in [0.25, 0.3) is 5.56 Å². The topological polar surface area (TPSA) is 121 Å². The van der Waals surface area contributed by atoms with Crippen molar-refractivity contribution < 1.29 is 18.8 Å². The van der Waals surface area contributed by atoms with Gasteiger partial charge in [0, 0.05) is 12.6 Å². The Morgan fingerprint density at radius 2 is 2.00 bits per heavy atom. The first kappa shape index (κ1) is 23.8. The predicted octanol–water partition coefficient (Wildman–Crippen LogP) is 3.73. The van der Waals surface area contributed by atoms with Crippen LogP contribution in [0.2, 0.25) is 0 Å². The number of anilines is 1. The van der Waals surface area contributed by atoms with Gasteiger partial charge in [0.2, 0.25) is 5.91 Å². The highest BCUT2D eigenvalue weighted by molar-refractivity contribution is 7.99. The van der Waals surface area contributed by atoms with Crippen LogP contribution in [0.4, 0.5) is 6.01 Å². The molecule has 1 amide bonds. The summed E-state index contributed by atoms with van der Waals surface area (Å²) in [7, 11) is 3.06. The molecule has 180 valence electrons. The Bertz CT molecular complexity index is 1280. The van der Waals surface area contributed by atoms with Crippen LogP contribution in [0.3, 0.4) is 0 Å². The fraction of sp³-hybridized carbons (Fsp3) is 0.435. The van der Waals surface area contributed by atoms with Gasteiger partial charge >= 0.3 is 6.01 Å². The van der Waals surface area contributed by atoms with Crippen molar-refractivity contribution in [1.29, 1.82) is 0 Å². The lowest BCUT2D eigenvalue weighted by molar-refractivity contribution is -0.114. The van der Waals surface area contributed by atoms with Crippen molar-refractivity contribution in [2.75, 3.05) is 25.3 Å². The van der Waals surface area contributed by atoms with Gasteiger partial charge in [-0.3, -0.25) is 19.5 Å². The minimum absolute atomic E-state index is 0.0232. The number of benzene rings is 1. The molecule has 0 atom stereocenters. The first-order valence-corrected chi connectivity index (χ1v) is 12.0. The Kier molecular flexibility index (Phi) is 7.51. The van der Waals surface area contributed by atoms with Crippen molar-refractivity contribution in [2.45, 2.75) is 50.7 Å². The van der Waals surface area contributed by atoms with Crippen molar-refractivity contribution in [3.8, 4) is 11.5 Å². The molecule has 1 aliphatic carbocycles. The molecule has 0 radical (unpaired) electrons. The van der Waals surface area contributed by atoms with Crippen LogP contribution < -0.4 is 20.3 Å². The Morgan fingerprint density at radius 3 is 2.68 bits per heavy atom. The number of amides is 1. The minimum atomic E-state index is -0.336. The number of hydrogen-bond acceptors (Lipinski definition) is 9. The smallest absolute Gasteiger partial charge is 0.328 e. The molecule has 0 fully saturated rings. The number of carbonyl (C=O) groups excluding carboxylic acids is 1. The van der Waals surface area contributed by atoms with Gasteiger partial charge in [-0.25, -0.2) is 4.98 Å². The molecule has 0 unspecified atom stereocenters. The molecule has 0 saturated carbocycles. The van der Waals surface area contributed by atoms with Crippen LogP contribution >= 0.6 is 11.8 Å². The number of aromatic nitrogens is 4. The van der Waals surface area contributed by atoms with Gasteiger partial charge in [0.1, 0.15) is 0 Å². The molecule has 10 nitrogen and oxygen atoms in total. The molecule has 1 aromatic carbocycles. The third-order valence-electron chi connectivity index (χ3n) is 5.57. The van der Waals surface area contributed by atoms with Crippen LogP contribution in [0.25, 0.3) is 10.9 Å². The number of hydrogen-bond donors (Lipinski definition) is 1. The number of fused-ring (bicyclic) bond motifs is 1. The summed E-state index contributed by atoms with van der Waals surface area (Å²) in [5.74, 6) is 1.05. The van der Waals surface area contributed by atoms with Crippen molar-refractivity contribution in [3.63, 3.8) is 0 Å². The molecule has 0 spiro atoms. The first-order valence-electron chi connectivity index (χ1n) is 11.1. The summed E-state index contributed by atoms with van der Waals surface area (Å²) >= 11 is 1.18. The number of nitrogens with one attached hydrogen (secondary N) is 1. The van der Waals surface area contributed by atoms with E-state index in [-0.39, 0.29) is 23.2 Å². The number of allylic oxidation sites excluding steroid dienone is 2. The number of carbonyl (C=O) groups is 1. The van der Waals surface area contributed by atoms with Gasteiger partial charge in [-0.1, -0.05) is 28.6 Å². The summed E-state index contributed by atoms with van der Waals surface area (Å²) in [6.07, 6.45) is 7.54. The van der Waals surface area contributed by atoms with E-state index in [0.717, 1.165) is 19.3 Å². The van der Waals surface area contributed by atoms with Gasteiger partial charge in [0.05, 0.1) is 30.9 Å². The van der Waals surface area contributed by atoms with E-state index in [1.807, 2.05) is 0 Å². The lowest BCUT2D eigenvalue weighted by atomic mass is 9.97. The van der Waals surface area contributed by atoms with E-state index in [9.17, 15) is 9.59 Å². The molecule has 0 saturated heterocycles. The summed E-state index contributed by atoms with van der Waals surface area (Å²) in [5.41, 5.74) is 1.65. The molecule has 1 aliphatic rings. The average Bonchev–Trinajstić information content (AvgIpc) is 3.26. The second kappa shape index (κ2) is 10.7. The number of aryl methyl sites for hydroxylation is 1. The zero-order valence-electron chi connectivity index (χ0n) is 19.4. The standard InChI is InChI=1S/C23H27N5O5S/c1-14-24-22(33-27-14)26-20(29)13-34-23-25-17-12-19(32-3)18(31-2)11-16(17)21(30)28(23)10-9-15-7-5-4-6-8-15/h7,11-12H,4-6,8-10,13H2,1-3H3,(H,24,26,27,29). The lowest BCUT2D eigenvalue weighted by Gasteiger charge is -2.17. The zero-order chi connectivity index (χ0) is 24.1. The summed E-state index contributed by atoms with van der Waals surface area (Å²) in [4.78, 5) is 34.6. The van der Waals surface area contributed by atoms with E-state index in [2.05, 4.69) is 21.5 Å². The molecule has 11 heteroatoms. The van der Waals surface area contributed by atoms with Crippen LogP contribution in [-0.2, 0) is 11.3 Å². The van der Waals surface area contributed by atoms with E-state index in [1.54, 1.807) is 23.6 Å². The Labute approximate surface area is 200 Å². The van der Waals surface area contributed by atoms with Crippen molar-refractivity contribution >= 4 is 34.6 Å². The number of methoxy groups -OCH3 is 2. The van der Waals surface area contributed by atoms with Crippen LogP contribution in [0.5, 0.6) is 11.5 Å². The fourth-order valence-corrected chi connectivity index (χ4v) is 4.68. The van der Waals surface area contributed by atoms with Crippen molar-refractivity contribution in [1.82, 2.24) is 19.7 Å². The highest BCUT2D eigenvalue weighted by Gasteiger charge is 2.18. The maximum absolute atomic E-state index is 13.5. The third kappa shape index (κ3) is 5.41. The average molecular weight is 486 g/mol. The monoisotopic (exact) mass is 485 g/mol. The number of rotatable bonds is 9. The Hall–Kier alpha value is -3.34. The maximum Gasteiger partial charge on any atom is 0.328 e. The van der Waals surface area contributed by atoms with Gasteiger partial charge in [-0.15, -0.1) is 0 Å². The van der Waals surface area contributed by atoms with Gasteiger partial charge in [-0.05, 0) is 45.1 Å². The molecule has 2 heterocycles. The van der Waals surface area contributed by atoms with Gasteiger partial charge in [0.15, 0.2) is 22.5 Å². The maximum atomic E-state index is 13.5. The SMILES string of the molecule is COc1cc2nc(SCC(=O)Nc3nc(C)no3)n(CCC3=CCCCC3)c(=O)c2cc1OC. The largest absolute Gasteiger partial charge is 0.493 e. The van der Waals surface area contributed by atoms with Gasteiger partial charge in [-0.2, -0.15) is 4.98 Å². The summed E-state index contributed by atoms with van der Waals surface area (Å²) < 4.78 is 17.3. The lowest BCUT2D eigenvalue weighted by Crippen LogP contribution is -2.25. The number of thioether (sulfide) groups is 1. The molecule has 3 aromatic rings. The van der Waals surface area contributed by atoms with Crippen LogP contribution in [0.1, 0.15) is 37.9 Å². The molecule has 0 bridgehead atoms. The Balaban J connectivity index is 1.64.